The van der Waals surface area contributed by atoms with Crippen LogP contribution in [0.15, 0.2) is 17.3 Å². The lowest BCUT2D eigenvalue weighted by molar-refractivity contribution is 0.408. The van der Waals surface area contributed by atoms with Crippen LogP contribution in [0.5, 0.6) is 0 Å². The fourth-order valence-corrected chi connectivity index (χ4v) is 4.49. The van der Waals surface area contributed by atoms with Gasteiger partial charge in [0.25, 0.3) is 0 Å². The quantitative estimate of drug-likeness (QED) is 0.768. The molecule has 0 radical (unpaired) electrons. The van der Waals surface area contributed by atoms with Gasteiger partial charge in [0.2, 0.25) is 10.0 Å². The Morgan fingerprint density at radius 1 is 1.38 bits per heavy atom. The molecule has 118 valence electrons. The van der Waals surface area contributed by atoms with Crippen molar-refractivity contribution < 1.29 is 8.42 Å². The average Bonchev–Trinajstić information content (AvgIpc) is 2.96. The van der Waals surface area contributed by atoms with Gasteiger partial charge in [-0.3, -0.25) is 4.68 Å². The third-order valence-corrected chi connectivity index (χ3v) is 6.25. The number of hydrogen-bond acceptors (Lipinski definition) is 4. The lowest BCUT2D eigenvalue weighted by atomic mass is 10.3. The standard InChI is InChI=1S/C14H24N4O2S/c1-12-4-2-9-18(12)21(19,20)14-10-16-17(11-14)8-3-7-15-13-5-6-13/h10-13,15H,2-9H2,1H3. The van der Waals surface area contributed by atoms with Gasteiger partial charge in [-0.25, -0.2) is 8.42 Å². The molecule has 1 saturated carbocycles. The molecule has 1 aromatic rings. The van der Waals surface area contributed by atoms with Crippen molar-refractivity contribution in [2.24, 2.45) is 0 Å². The average molecular weight is 312 g/mol. The monoisotopic (exact) mass is 312 g/mol. The van der Waals surface area contributed by atoms with Crippen LogP contribution in [0.2, 0.25) is 0 Å². The molecule has 1 atom stereocenters. The Balaban J connectivity index is 1.57. The molecular weight excluding hydrogens is 288 g/mol. The molecule has 1 saturated heterocycles. The molecule has 6 nitrogen and oxygen atoms in total. The molecule has 0 spiro atoms. The first kappa shape index (κ1) is 15.0. The first-order chi connectivity index (χ1) is 10.1. The summed E-state index contributed by atoms with van der Waals surface area (Å²) in [6.07, 6.45) is 8.59. The minimum Gasteiger partial charge on any atom is -0.314 e. The first-order valence-electron chi connectivity index (χ1n) is 7.85. The van der Waals surface area contributed by atoms with Crippen molar-refractivity contribution in [1.29, 1.82) is 0 Å². The van der Waals surface area contributed by atoms with Crippen molar-refractivity contribution in [2.75, 3.05) is 13.1 Å². The van der Waals surface area contributed by atoms with Crippen LogP contribution in [-0.2, 0) is 16.6 Å². The molecule has 0 bridgehead atoms. The highest BCUT2D eigenvalue weighted by atomic mass is 32.2. The Kier molecular flexibility index (Phi) is 4.33. The van der Waals surface area contributed by atoms with E-state index in [0.29, 0.717) is 11.4 Å². The highest BCUT2D eigenvalue weighted by Gasteiger charge is 2.33. The zero-order valence-corrected chi connectivity index (χ0v) is 13.3. The van der Waals surface area contributed by atoms with Crippen molar-refractivity contribution in [3.05, 3.63) is 12.4 Å². The van der Waals surface area contributed by atoms with Crippen LogP contribution in [-0.4, -0.2) is 47.7 Å². The lowest BCUT2D eigenvalue weighted by Gasteiger charge is -2.19. The van der Waals surface area contributed by atoms with Crippen LogP contribution in [0.4, 0.5) is 0 Å². The van der Waals surface area contributed by atoms with Crippen molar-refractivity contribution in [1.82, 2.24) is 19.4 Å². The summed E-state index contributed by atoms with van der Waals surface area (Å²) in [7, 11) is -3.37. The summed E-state index contributed by atoms with van der Waals surface area (Å²) in [6, 6.07) is 0.816. The Hall–Kier alpha value is -0.920. The van der Waals surface area contributed by atoms with E-state index in [1.807, 2.05) is 6.92 Å². The summed E-state index contributed by atoms with van der Waals surface area (Å²) < 4.78 is 28.4. The summed E-state index contributed by atoms with van der Waals surface area (Å²) in [6.45, 7) is 4.32. The number of hydrogen-bond donors (Lipinski definition) is 1. The van der Waals surface area contributed by atoms with Gasteiger partial charge in [0.15, 0.2) is 0 Å². The zero-order chi connectivity index (χ0) is 14.9. The van der Waals surface area contributed by atoms with Gasteiger partial charge >= 0.3 is 0 Å². The van der Waals surface area contributed by atoms with Gasteiger partial charge in [-0.05, 0) is 45.6 Å². The minimum atomic E-state index is -3.37. The summed E-state index contributed by atoms with van der Waals surface area (Å²) in [4.78, 5) is 0.325. The number of nitrogens with zero attached hydrogens (tertiary/aromatic N) is 3. The van der Waals surface area contributed by atoms with Crippen LogP contribution >= 0.6 is 0 Å². The molecule has 1 aliphatic carbocycles. The summed E-state index contributed by atoms with van der Waals surface area (Å²) >= 11 is 0. The van der Waals surface area contributed by atoms with Gasteiger partial charge in [0.1, 0.15) is 4.90 Å². The molecule has 2 heterocycles. The van der Waals surface area contributed by atoms with Gasteiger partial charge in [-0.2, -0.15) is 9.40 Å². The molecule has 0 aromatic carbocycles. The molecule has 2 aliphatic rings. The number of rotatable bonds is 7. The lowest BCUT2D eigenvalue weighted by Crippen LogP contribution is -2.33. The molecule has 21 heavy (non-hydrogen) atoms. The van der Waals surface area contributed by atoms with Crippen molar-refractivity contribution >= 4 is 10.0 Å². The predicted octanol–water partition coefficient (Wildman–Crippen LogP) is 1.20. The number of aromatic nitrogens is 2. The first-order valence-corrected chi connectivity index (χ1v) is 9.29. The number of aryl methyl sites for hydroxylation is 1. The Morgan fingerprint density at radius 3 is 2.86 bits per heavy atom. The third-order valence-electron chi connectivity index (χ3n) is 4.28. The van der Waals surface area contributed by atoms with Crippen LogP contribution < -0.4 is 5.32 Å². The maximum Gasteiger partial charge on any atom is 0.246 e. The summed E-state index contributed by atoms with van der Waals surface area (Å²) in [5.41, 5.74) is 0. The molecular formula is C14H24N4O2S. The van der Waals surface area contributed by atoms with Crippen LogP contribution in [0.3, 0.4) is 0 Å². The normalized spacial score (nSPS) is 23.8. The van der Waals surface area contributed by atoms with Crippen LogP contribution in [0.25, 0.3) is 0 Å². The van der Waals surface area contributed by atoms with E-state index in [1.54, 1.807) is 15.2 Å². The van der Waals surface area contributed by atoms with Crippen LogP contribution in [0, 0.1) is 0 Å². The largest absolute Gasteiger partial charge is 0.314 e. The second kappa shape index (κ2) is 6.06. The molecule has 1 aliphatic heterocycles. The van der Waals surface area contributed by atoms with Gasteiger partial charge in [-0.15, -0.1) is 0 Å². The van der Waals surface area contributed by atoms with E-state index in [0.717, 1.165) is 38.4 Å². The van der Waals surface area contributed by atoms with E-state index in [2.05, 4.69) is 10.4 Å². The molecule has 1 unspecified atom stereocenters. The number of nitrogens with one attached hydrogen (secondary N) is 1. The maximum atomic E-state index is 12.5. The maximum absolute atomic E-state index is 12.5. The van der Waals surface area contributed by atoms with Crippen molar-refractivity contribution in [3.63, 3.8) is 0 Å². The smallest absolute Gasteiger partial charge is 0.246 e. The van der Waals surface area contributed by atoms with Gasteiger partial charge in [0, 0.05) is 31.4 Å². The Bertz CT molecular complexity index is 580. The van der Waals surface area contributed by atoms with Gasteiger partial charge < -0.3 is 5.32 Å². The van der Waals surface area contributed by atoms with Crippen molar-refractivity contribution in [3.8, 4) is 0 Å². The zero-order valence-electron chi connectivity index (χ0n) is 12.5. The van der Waals surface area contributed by atoms with E-state index >= 15 is 0 Å². The van der Waals surface area contributed by atoms with Crippen LogP contribution in [0.1, 0.15) is 39.0 Å². The molecule has 1 aromatic heterocycles. The highest BCUT2D eigenvalue weighted by Crippen LogP contribution is 2.25. The fraction of sp³-hybridized carbons (Fsp3) is 0.786. The Labute approximate surface area is 126 Å². The number of sulfonamides is 1. The molecule has 1 N–H and O–H groups in total. The van der Waals surface area contributed by atoms with E-state index < -0.39 is 10.0 Å². The van der Waals surface area contributed by atoms with Gasteiger partial charge in [-0.1, -0.05) is 0 Å². The molecule has 2 fully saturated rings. The molecule has 0 amide bonds. The third kappa shape index (κ3) is 3.46. The van der Waals surface area contributed by atoms with Crippen molar-refractivity contribution in [2.45, 2.75) is 62.6 Å². The van der Waals surface area contributed by atoms with Gasteiger partial charge in [0.05, 0.1) is 6.20 Å². The SMILES string of the molecule is CC1CCCN1S(=O)(=O)c1cnn(CCCNC2CC2)c1. The minimum absolute atomic E-state index is 0.0982. The second-order valence-electron chi connectivity index (χ2n) is 6.13. The fourth-order valence-electron chi connectivity index (χ4n) is 2.83. The van der Waals surface area contributed by atoms with E-state index in [4.69, 9.17) is 0 Å². The second-order valence-corrected chi connectivity index (χ2v) is 8.02. The summed E-state index contributed by atoms with van der Waals surface area (Å²) in [5, 5.41) is 7.64. The topological polar surface area (TPSA) is 67.2 Å². The van der Waals surface area contributed by atoms with E-state index in [-0.39, 0.29) is 6.04 Å². The molecule has 3 rings (SSSR count). The predicted molar refractivity (Wildman–Crippen MR) is 80.5 cm³/mol. The van der Waals surface area contributed by atoms with E-state index in [1.165, 1.54) is 19.0 Å². The highest BCUT2D eigenvalue weighted by molar-refractivity contribution is 7.89. The summed E-state index contributed by atoms with van der Waals surface area (Å²) in [5.74, 6) is 0. The molecule has 7 heteroatoms. The Morgan fingerprint density at radius 2 is 2.19 bits per heavy atom. The van der Waals surface area contributed by atoms with E-state index in [9.17, 15) is 8.42 Å².